The predicted molar refractivity (Wildman–Crippen MR) is 109 cm³/mol. The van der Waals surface area contributed by atoms with E-state index in [4.69, 9.17) is 14.5 Å². The van der Waals surface area contributed by atoms with Gasteiger partial charge in [-0.1, -0.05) is 12.5 Å². The van der Waals surface area contributed by atoms with E-state index in [-0.39, 0.29) is 6.10 Å². The number of nitrogens with one attached hydrogen (secondary N) is 1. The number of rotatable bonds is 3. The number of pyridine rings is 1. The van der Waals surface area contributed by atoms with E-state index in [9.17, 15) is 0 Å². The molecule has 3 aliphatic rings. The molecule has 29 heavy (non-hydrogen) atoms. The van der Waals surface area contributed by atoms with Crippen LogP contribution in [0.5, 0.6) is 11.8 Å². The van der Waals surface area contributed by atoms with Crippen LogP contribution in [0.2, 0.25) is 0 Å². The van der Waals surface area contributed by atoms with Crippen LogP contribution >= 0.6 is 0 Å². The molecule has 2 aromatic heterocycles. The molecule has 2 unspecified atom stereocenters. The summed E-state index contributed by atoms with van der Waals surface area (Å²) < 4.78 is 14.1. The smallest absolute Gasteiger partial charge is 0.225 e. The lowest BCUT2D eigenvalue weighted by Gasteiger charge is -2.40. The molecule has 2 saturated heterocycles. The van der Waals surface area contributed by atoms with Crippen molar-refractivity contribution in [2.45, 2.75) is 56.9 Å². The summed E-state index contributed by atoms with van der Waals surface area (Å²) in [5, 5.41) is 8.02. The molecule has 5 heterocycles. The van der Waals surface area contributed by atoms with Gasteiger partial charge in [-0.05, 0) is 61.1 Å². The highest BCUT2D eigenvalue weighted by Gasteiger charge is 2.32. The lowest BCUT2D eigenvalue weighted by molar-refractivity contribution is 0.0881. The van der Waals surface area contributed by atoms with Crippen LogP contribution in [-0.4, -0.2) is 33.0 Å². The molecule has 3 aliphatic heterocycles. The third-order valence-electron chi connectivity index (χ3n) is 6.31. The fourth-order valence-corrected chi connectivity index (χ4v) is 4.96. The Morgan fingerprint density at radius 2 is 1.93 bits per heavy atom. The summed E-state index contributed by atoms with van der Waals surface area (Å²) >= 11 is 0. The van der Waals surface area contributed by atoms with Crippen molar-refractivity contribution in [1.29, 1.82) is 0 Å². The van der Waals surface area contributed by atoms with Gasteiger partial charge in [-0.15, -0.1) is 0 Å². The van der Waals surface area contributed by atoms with Crippen molar-refractivity contribution in [2.24, 2.45) is 0 Å². The van der Waals surface area contributed by atoms with Crippen molar-refractivity contribution in [1.82, 2.24) is 20.1 Å². The second-order valence-electron chi connectivity index (χ2n) is 8.29. The molecule has 6 rings (SSSR count). The Morgan fingerprint density at radius 1 is 1.07 bits per heavy atom. The van der Waals surface area contributed by atoms with Gasteiger partial charge in [0.15, 0.2) is 0 Å². The summed E-state index contributed by atoms with van der Waals surface area (Å²) in [5.41, 5.74) is 4.36. The van der Waals surface area contributed by atoms with Crippen LogP contribution in [0.1, 0.15) is 37.7 Å². The fourth-order valence-electron chi connectivity index (χ4n) is 4.96. The molecule has 2 fully saturated rings. The number of aromatic nitrogens is 3. The summed E-state index contributed by atoms with van der Waals surface area (Å²) in [6.07, 6.45) is 9.95. The Morgan fingerprint density at radius 3 is 2.76 bits per heavy atom. The van der Waals surface area contributed by atoms with Gasteiger partial charge in [-0.3, -0.25) is 0 Å². The quantitative estimate of drug-likeness (QED) is 0.738. The molecule has 0 radical (unpaired) electrons. The lowest BCUT2D eigenvalue weighted by Crippen LogP contribution is -2.51. The molecule has 1 N–H and O–H groups in total. The first kappa shape index (κ1) is 17.0. The fraction of sp³-hybridized carbons (Fsp3) is 0.391. The van der Waals surface area contributed by atoms with E-state index in [2.05, 4.69) is 34.7 Å². The second kappa shape index (κ2) is 6.88. The zero-order valence-corrected chi connectivity index (χ0v) is 16.3. The third kappa shape index (κ3) is 3.17. The topological polar surface area (TPSA) is 61.2 Å². The summed E-state index contributed by atoms with van der Waals surface area (Å²) in [6, 6.07) is 13.5. The van der Waals surface area contributed by atoms with E-state index >= 15 is 0 Å². The lowest BCUT2D eigenvalue weighted by atomic mass is 9.85. The number of hydrogen-bond donors (Lipinski definition) is 1. The molecule has 0 spiro atoms. The molecular formula is C23H24N4O2. The van der Waals surface area contributed by atoms with Gasteiger partial charge >= 0.3 is 0 Å². The summed E-state index contributed by atoms with van der Waals surface area (Å²) in [7, 11) is 0. The highest BCUT2D eigenvalue weighted by Crippen LogP contribution is 2.38. The van der Waals surface area contributed by atoms with E-state index < -0.39 is 0 Å². The standard InChI is InChI=1S/C23H24N4O2/c1-3-16-12-19(13-17(4-1)25-16)29-22-8-7-21-20-6-5-18(27-10-2-9-24-27)11-15(20)14-28-23(21)26-22/h2,5-11,16-17,19,25H,1,3-4,12-14H2/t16-,17?,19?/m1/s1. The molecule has 1 aromatic carbocycles. The highest BCUT2D eigenvalue weighted by molar-refractivity contribution is 5.74. The van der Waals surface area contributed by atoms with Gasteiger partial charge in [0.05, 0.1) is 5.69 Å². The Kier molecular flexibility index (Phi) is 4.04. The van der Waals surface area contributed by atoms with Crippen LogP contribution in [-0.2, 0) is 6.61 Å². The number of fused-ring (bicyclic) bond motifs is 5. The van der Waals surface area contributed by atoms with Crippen molar-refractivity contribution in [3.05, 3.63) is 54.4 Å². The van der Waals surface area contributed by atoms with Crippen molar-refractivity contribution < 1.29 is 9.47 Å². The number of ether oxygens (including phenoxy) is 2. The maximum Gasteiger partial charge on any atom is 0.225 e. The Labute approximate surface area is 169 Å². The summed E-state index contributed by atoms with van der Waals surface area (Å²) in [4.78, 5) is 4.69. The summed E-state index contributed by atoms with van der Waals surface area (Å²) in [5.74, 6) is 1.33. The maximum atomic E-state index is 6.27. The molecule has 0 saturated carbocycles. The number of nitrogens with zero attached hydrogens (tertiary/aromatic N) is 3. The van der Waals surface area contributed by atoms with Crippen molar-refractivity contribution in [3.8, 4) is 28.6 Å². The minimum absolute atomic E-state index is 0.240. The van der Waals surface area contributed by atoms with Crippen LogP contribution in [0.25, 0.3) is 16.8 Å². The van der Waals surface area contributed by atoms with Crippen molar-refractivity contribution in [2.75, 3.05) is 0 Å². The largest absolute Gasteiger partial charge is 0.474 e. The molecule has 148 valence electrons. The molecule has 2 bridgehead atoms. The van der Waals surface area contributed by atoms with E-state index in [1.54, 1.807) is 6.20 Å². The van der Waals surface area contributed by atoms with Gasteiger partial charge in [0.1, 0.15) is 12.7 Å². The van der Waals surface area contributed by atoms with Gasteiger partial charge in [-0.2, -0.15) is 10.1 Å². The zero-order valence-electron chi connectivity index (χ0n) is 16.3. The van der Waals surface area contributed by atoms with Crippen LogP contribution < -0.4 is 14.8 Å². The molecule has 6 nitrogen and oxygen atoms in total. The molecule has 3 atom stereocenters. The third-order valence-corrected chi connectivity index (χ3v) is 6.31. The normalized spacial score (nSPS) is 24.9. The maximum absolute atomic E-state index is 6.27. The van der Waals surface area contributed by atoms with E-state index in [0.717, 1.165) is 35.2 Å². The van der Waals surface area contributed by atoms with Crippen LogP contribution in [0.3, 0.4) is 0 Å². The average Bonchev–Trinajstić information content (AvgIpc) is 3.28. The van der Waals surface area contributed by atoms with Gasteiger partial charge in [0, 0.05) is 36.1 Å². The first-order valence-corrected chi connectivity index (χ1v) is 10.5. The first-order chi connectivity index (χ1) is 14.3. The summed E-state index contributed by atoms with van der Waals surface area (Å²) in [6.45, 7) is 0.505. The van der Waals surface area contributed by atoms with Crippen molar-refractivity contribution >= 4 is 0 Å². The number of hydrogen-bond acceptors (Lipinski definition) is 5. The van der Waals surface area contributed by atoms with Gasteiger partial charge in [0.2, 0.25) is 11.8 Å². The predicted octanol–water partition coefficient (Wildman–Crippen LogP) is 3.88. The van der Waals surface area contributed by atoms with E-state index in [1.165, 1.54) is 19.3 Å². The average molecular weight is 388 g/mol. The van der Waals surface area contributed by atoms with Crippen LogP contribution in [0, 0.1) is 0 Å². The van der Waals surface area contributed by atoms with Gasteiger partial charge < -0.3 is 14.8 Å². The SMILES string of the molecule is c1cnn(-c2ccc3c(c2)COc2nc(OC4CC5CCC[C@H](C4)N5)ccc2-3)c1. The minimum atomic E-state index is 0.240. The molecule has 0 aliphatic carbocycles. The molecular weight excluding hydrogens is 364 g/mol. The van der Waals surface area contributed by atoms with E-state index in [0.29, 0.717) is 30.5 Å². The zero-order chi connectivity index (χ0) is 19.2. The number of piperidine rings is 2. The Balaban J connectivity index is 1.24. The van der Waals surface area contributed by atoms with Gasteiger partial charge in [-0.25, -0.2) is 4.68 Å². The van der Waals surface area contributed by atoms with Crippen LogP contribution in [0.4, 0.5) is 0 Å². The van der Waals surface area contributed by atoms with Crippen LogP contribution in [0.15, 0.2) is 48.8 Å². The number of benzene rings is 1. The molecule has 3 aromatic rings. The Bertz CT molecular complexity index is 1020. The highest BCUT2D eigenvalue weighted by atomic mass is 16.5. The minimum Gasteiger partial charge on any atom is -0.474 e. The first-order valence-electron chi connectivity index (χ1n) is 10.5. The monoisotopic (exact) mass is 388 g/mol. The van der Waals surface area contributed by atoms with Crippen molar-refractivity contribution in [3.63, 3.8) is 0 Å². The molecule has 0 amide bonds. The van der Waals surface area contributed by atoms with Gasteiger partial charge in [0.25, 0.3) is 0 Å². The molecule has 6 heteroatoms. The Hall–Kier alpha value is -2.86. The second-order valence-corrected chi connectivity index (χ2v) is 8.29. The van der Waals surface area contributed by atoms with E-state index in [1.807, 2.05) is 23.0 Å².